The molecule has 0 saturated heterocycles. The molecule has 2 N–H and O–H groups in total. The number of esters is 1. The topological polar surface area (TPSA) is 52.3 Å². The summed E-state index contributed by atoms with van der Waals surface area (Å²) in [4.78, 5) is 11.6. The van der Waals surface area contributed by atoms with E-state index in [1.54, 1.807) is 0 Å². The summed E-state index contributed by atoms with van der Waals surface area (Å²) in [7, 11) is 0. The summed E-state index contributed by atoms with van der Waals surface area (Å²) in [6.45, 7) is 3.93. The number of rotatable bonds is 4. The fraction of sp³-hybridized carbons (Fsp3) is 0.917. The van der Waals surface area contributed by atoms with Crippen molar-refractivity contribution in [3.05, 3.63) is 0 Å². The molecule has 88 valence electrons. The molecule has 1 rings (SSSR count). The van der Waals surface area contributed by atoms with E-state index in [-0.39, 0.29) is 17.6 Å². The summed E-state index contributed by atoms with van der Waals surface area (Å²) >= 11 is 0. The Morgan fingerprint density at radius 2 is 2.00 bits per heavy atom. The van der Waals surface area contributed by atoms with E-state index >= 15 is 0 Å². The predicted molar refractivity (Wildman–Crippen MR) is 60.5 cm³/mol. The van der Waals surface area contributed by atoms with Gasteiger partial charge in [-0.15, -0.1) is 0 Å². The first-order valence-corrected chi connectivity index (χ1v) is 6.04. The van der Waals surface area contributed by atoms with Crippen LogP contribution in [0.25, 0.3) is 0 Å². The molecule has 1 saturated carbocycles. The number of ether oxygens (including phenoxy) is 1. The molecule has 3 nitrogen and oxygen atoms in total. The maximum Gasteiger partial charge on any atom is 0.307 e. The molecule has 1 atom stereocenters. The van der Waals surface area contributed by atoms with Gasteiger partial charge in [0.15, 0.2) is 0 Å². The Labute approximate surface area is 92.4 Å². The highest BCUT2D eigenvalue weighted by atomic mass is 16.5. The minimum absolute atomic E-state index is 0.0182. The van der Waals surface area contributed by atoms with Crippen LogP contribution in [0.15, 0.2) is 0 Å². The van der Waals surface area contributed by atoms with Gasteiger partial charge in [-0.25, -0.2) is 0 Å². The highest BCUT2D eigenvalue weighted by molar-refractivity contribution is 5.71. The van der Waals surface area contributed by atoms with Crippen molar-refractivity contribution < 1.29 is 9.53 Å². The van der Waals surface area contributed by atoms with Crippen molar-refractivity contribution >= 4 is 5.97 Å². The van der Waals surface area contributed by atoms with E-state index in [4.69, 9.17) is 10.5 Å². The second kappa shape index (κ2) is 5.50. The highest BCUT2D eigenvalue weighted by Crippen LogP contribution is 2.29. The normalized spacial score (nSPS) is 22.1. The summed E-state index contributed by atoms with van der Waals surface area (Å²) in [6.07, 6.45) is 6.73. The summed E-state index contributed by atoms with van der Waals surface area (Å²) in [6, 6.07) is 0. The molecule has 1 aliphatic rings. The molecule has 0 aromatic carbocycles. The fourth-order valence-corrected chi connectivity index (χ4v) is 2.07. The van der Waals surface area contributed by atoms with Gasteiger partial charge in [-0.1, -0.05) is 26.2 Å². The Morgan fingerprint density at radius 1 is 1.40 bits per heavy atom. The quantitative estimate of drug-likeness (QED) is 0.729. The first-order valence-electron chi connectivity index (χ1n) is 6.04. The maximum atomic E-state index is 11.6. The summed E-state index contributed by atoms with van der Waals surface area (Å²) in [5.41, 5.74) is 5.89. The molecule has 0 heterocycles. The molecule has 0 aromatic heterocycles. The van der Waals surface area contributed by atoms with Gasteiger partial charge in [0.05, 0.1) is 12.5 Å². The number of carbonyl (C=O) groups excluding carboxylic acids is 1. The third-order valence-corrected chi connectivity index (χ3v) is 3.25. The van der Waals surface area contributed by atoms with E-state index in [9.17, 15) is 4.79 Å². The Morgan fingerprint density at radius 3 is 2.53 bits per heavy atom. The third kappa shape index (κ3) is 4.20. The smallest absolute Gasteiger partial charge is 0.307 e. The molecule has 1 unspecified atom stereocenters. The highest BCUT2D eigenvalue weighted by Gasteiger charge is 2.30. The molecule has 0 amide bonds. The van der Waals surface area contributed by atoms with Crippen molar-refractivity contribution in [1.82, 2.24) is 0 Å². The summed E-state index contributed by atoms with van der Waals surface area (Å²) in [5, 5.41) is 0. The number of hydrogen-bond acceptors (Lipinski definition) is 3. The van der Waals surface area contributed by atoms with E-state index in [0.29, 0.717) is 6.42 Å². The van der Waals surface area contributed by atoms with Crippen molar-refractivity contribution in [2.45, 2.75) is 70.4 Å². The third-order valence-electron chi connectivity index (χ3n) is 3.25. The summed E-state index contributed by atoms with van der Waals surface area (Å²) < 4.78 is 5.25. The molecular weight excluding hydrogens is 190 g/mol. The molecule has 0 aromatic rings. The molecule has 0 spiro atoms. The van der Waals surface area contributed by atoms with E-state index in [2.05, 4.69) is 0 Å². The SMILES string of the molecule is CCC(C)OC(=O)CC1(N)CCCCC1. The predicted octanol–water partition coefficient (Wildman–Crippen LogP) is 2.38. The lowest BCUT2D eigenvalue weighted by Gasteiger charge is -2.32. The monoisotopic (exact) mass is 213 g/mol. The molecular formula is C12H23NO2. The molecule has 0 aliphatic heterocycles. The van der Waals surface area contributed by atoms with Crippen molar-refractivity contribution in [1.29, 1.82) is 0 Å². The van der Waals surface area contributed by atoms with Gasteiger partial charge in [-0.05, 0) is 26.2 Å². The largest absolute Gasteiger partial charge is 0.463 e. The van der Waals surface area contributed by atoms with Gasteiger partial charge >= 0.3 is 5.97 Å². The Hall–Kier alpha value is -0.570. The standard InChI is InChI=1S/C12H23NO2/c1-3-10(2)15-11(14)9-12(13)7-5-4-6-8-12/h10H,3-9,13H2,1-2H3. The van der Waals surface area contributed by atoms with Gasteiger partial charge in [-0.2, -0.15) is 0 Å². The van der Waals surface area contributed by atoms with Gasteiger partial charge in [-0.3, -0.25) is 4.79 Å². The van der Waals surface area contributed by atoms with Crippen molar-refractivity contribution in [3.63, 3.8) is 0 Å². The Kier molecular flexibility index (Phi) is 4.58. The minimum atomic E-state index is -0.289. The minimum Gasteiger partial charge on any atom is -0.463 e. The van der Waals surface area contributed by atoms with Gasteiger partial charge in [0.25, 0.3) is 0 Å². The van der Waals surface area contributed by atoms with Crippen molar-refractivity contribution in [3.8, 4) is 0 Å². The molecule has 0 radical (unpaired) electrons. The fourth-order valence-electron chi connectivity index (χ4n) is 2.07. The zero-order valence-electron chi connectivity index (χ0n) is 9.92. The Balaban J connectivity index is 2.35. The number of carbonyl (C=O) groups is 1. The lowest BCUT2D eigenvalue weighted by molar-refractivity contribution is -0.150. The van der Waals surface area contributed by atoms with Crippen LogP contribution in [-0.2, 0) is 9.53 Å². The van der Waals surface area contributed by atoms with E-state index in [1.165, 1.54) is 6.42 Å². The second-order valence-electron chi connectivity index (χ2n) is 4.81. The first kappa shape index (κ1) is 12.5. The lowest BCUT2D eigenvalue weighted by Crippen LogP contribution is -2.44. The molecule has 3 heteroatoms. The molecule has 15 heavy (non-hydrogen) atoms. The van der Waals surface area contributed by atoms with Gasteiger partial charge in [0.2, 0.25) is 0 Å². The van der Waals surface area contributed by atoms with Gasteiger partial charge in [0, 0.05) is 5.54 Å². The van der Waals surface area contributed by atoms with Crippen LogP contribution in [0.2, 0.25) is 0 Å². The van der Waals surface area contributed by atoms with Crippen LogP contribution in [0.5, 0.6) is 0 Å². The second-order valence-corrected chi connectivity index (χ2v) is 4.81. The first-order chi connectivity index (χ1) is 7.06. The molecule has 1 fully saturated rings. The van der Waals surface area contributed by atoms with Gasteiger partial charge in [0.1, 0.15) is 0 Å². The van der Waals surface area contributed by atoms with Crippen LogP contribution in [-0.4, -0.2) is 17.6 Å². The number of nitrogens with two attached hydrogens (primary N) is 1. The zero-order chi connectivity index (χ0) is 11.3. The van der Waals surface area contributed by atoms with Gasteiger partial charge < -0.3 is 10.5 Å². The summed E-state index contributed by atoms with van der Waals surface area (Å²) in [5.74, 6) is -0.131. The van der Waals surface area contributed by atoms with E-state index < -0.39 is 0 Å². The Bertz CT molecular complexity index is 210. The average molecular weight is 213 g/mol. The van der Waals surface area contributed by atoms with Crippen LogP contribution in [0, 0.1) is 0 Å². The van der Waals surface area contributed by atoms with E-state index in [1.807, 2.05) is 13.8 Å². The van der Waals surface area contributed by atoms with Crippen molar-refractivity contribution in [2.24, 2.45) is 5.73 Å². The van der Waals surface area contributed by atoms with Crippen LogP contribution >= 0.6 is 0 Å². The van der Waals surface area contributed by atoms with Crippen LogP contribution in [0.1, 0.15) is 58.8 Å². The molecule has 1 aliphatic carbocycles. The lowest BCUT2D eigenvalue weighted by atomic mass is 9.80. The van der Waals surface area contributed by atoms with Crippen LogP contribution in [0.4, 0.5) is 0 Å². The average Bonchev–Trinajstić information content (AvgIpc) is 2.17. The van der Waals surface area contributed by atoms with Crippen LogP contribution in [0.3, 0.4) is 0 Å². The molecule has 0 bridgehead atoms. The maximum absolute atomic E-state index is 11.6. The van der Waals surface area contributed by atoms with Crippen molar-refractivity contribution in [2.75, 3.05) is 0 Å². The van der Waals surface area contributed by atoms with E-state index in [0.717, 1.165) is 32.1 Å². The van der Waals surface area contributed by atoms with Crippen LogP contribution < -0.4 is 5.73 Å². The number of hydrogen-bond donors (Lipinski definition) is 1. The zero-order valence-corrected chi connectivity index (χ0v) is 9.92.